The van der Waals surface area contributed by atoms with E-state index >= 15 is 0 Å². The van der Waals surface area contributed by atoms with Gasteiger partial charge in [0.1, 0.15) is 0 Å². The molecule has 0 bridgehead atoms. The van der Waals surface area contributed by atoms with E-state index in [0.29, 0.717) is 23.1 Å². The quantitative estimate of drug-likeness (QED) is 0.169. The number of fused-ring (bicyclic) bond motifs is 7. The van der Waals surface area contributed by atoms with Gasteiger partial charge in [0.05, 0.1) is 16.8 Å². The second kappa shape index (κ2) is 14.0. The molecule has 61 heavy (non-hydrogen) atoms. The smallest absolute Gasteiger partial charge is 0.178 e. The molecule has 4 nitrogen and oxygen atoms in total. The van der Waals surface area contributed by atoms with E-state index in [1.807, 2.05) is 30.3 Å². The van der Waals surface area contributed by atoms with Crippen molar-refractivity contribution in [1.29, 1.82) is 0 Å². The van der Waals surface area contributed by atoms with Gasteiger partial charge in [-0.2, -0.15) is 0 Å². The molecule has 0 unspecified atom stereocenters. The predicted molar refractivity (Wildman–Crippen MR) is 245 cm³/mol. The van der Waals surface area contributed by atoms with Crippen LogP contribution in [-0.2, 0) is 5.41 Å². The standard InChI is InChI=1S/C57H36N2O2/c1-4-16-39(17-5-1)49-36-50(59-56(58-49)42-32-27-37-15-10-11-18-41(37)35-42)40-30-28-38(29-31-40)45-24-14-26-51-54(45)60-52-34-33-48-53(55(52)61-51)46-23-12-13-25-47(46)57(48,43-19-6-2-7-20-43)44-21-8-3-9-22-44/h1-36H. The van der Waals surface area contributed by atoms with Crippen molar-refractivity contribution in [2.45, 2.75) is 5.41 Å². The average Bonchev–Trinajstić information content (AvgIpc) is 3.65. The zero-order valence-electron chi connectivity index (χ0n) is 33.0. The lowest BCUT2D eigenvalue weighted by Crippen LogP contribution is -2.28. The molecule has 12 rings (SSSR count). The summed E-state index contributed by atoms with van der Waals surface area (Å²) in [5, 5.41) is 2.34. The fourth-order valence-corrected chi connectivity index (χ4v) is 9.44. The molecule has 1 aliphatic carbocycles. The van der Waals surface area contributed by atoms with E-state index in [1.165, 1.54) is 27.6 Å². The Labute approximate surface area is 354 Å². The SMILES string of the molecule is c1ccc(-c2cc(-c3ccc(-c4cccc5c4Oc4ccc6c(c4O5)-c4ccccc4C6(c4ccccc4)c4ccccc4)cc3)nc(-c3ccc4ccccc4c3)n2)cc1. The number of hydrogen-bond donors (Lipinski definition) is 0. The maximum atomic E-state index is 6.99. The number of aromatic nitrogens is 2. The van der Waals surface area contributed by atoms with Gasteiger partial charge in [-0.1, -0.05) is 194 Å². The fourth-order valence-electron chi connectivity index (χ4n) is 9.44. The van der Waals surface area contributed by atoms with Crippen molar-refractivity contribution in [3.63, 3.8) is 0 Å². The molecule has 2 aliphatic rings. The minimum absolute atomic E-state index is 0.529. The van der Waals surface area contributed by atoms with Crippen LogP contribution in [0.1, 0.15) is 22.3 Å². The van der Waals surface area contributed by atoms with Crippen molar-refractivity contribution in [1.82, 2.24) is 9.97 Å². The molecule has 0 N–H and O–H groups in total. The van der Waals surface area contributed by atoms with Gasteiger partial charge < -0.3 is 9.47 Å². The molecular weight excluding hydrogens is 745 g/mol. The molecule has 0 amide bonds. The van der Waals surface area contributed by atoms with Crippen molar-refractivity contribution in [3.05, 3.63) is 241 Å². The van der Waals surface area contributed by atoms with Gasteiger partial charge in [0.2, 0.25) is 0 Å². The molecule has 0 radical (unpaired) electrons. The Morgan fingerprint density at radius 2 is 0.902 bits per heavy atom. The third kappa shape index (κ3) is 5.61. The second-order valence-electron chi connectivity index (χ2n) is 15.6. The molecule has 2 heterocycles. The molecule has 0 spiro atoms. The Hall–Kier alpha value is -8.08. The summed E-state index contributed by atoms with van der Waals surface area (Å²) in [6, 6.07) is 76.5. The van der Waals surface area contributed by atoms with Gasteiger partial charge in [-0.25, -0.2) is 9.97 Å². The lowest BCUT2D eigenvalue weighted by Gasteiger charge is -2.34. The van der Waals surface area contributed by atoms with Crippen LogP contribution in [0.15, 0.2) is 218 Å². The van der Waals surface area contributed by atoms with Crippen molar-refractivity contribution in [3.8, 4) is 79.2 Å². The number of rotatable bonds is 6. The Balaban J connectivity index is 0.931. The highest BCUT2D eigenvalue weighted by molar-refractivity contribution is 5.93. The first-order chi connectivity index (χ1) is 30.2. The van der Waals surface area contributed by atoms with E-state index in [1.54, 1.807) is 0 Å². The summed E-state index contributed by atoms with van der Waals surface area (Å²) in [6.07, 6.45) is 0. The summed E-state index contributed by atoms with van der Waals surface area (Å²) in [7, 11) is 0. The van der Waals surface area contributed by atoms with E-state index in [2.05, 4.69) is 188 Å². The lowest BCUT2D eigenvalue weighted by molar-refractivity contribution is 0.361. The summed E-state index contributed by atoms with van der Waals surface area (Å²) in [6.45, 7) is 0. The normalized spacial score (nSPS) is 13.0. The zero-order chi connectivity index (χ0) is 40.3. The topological polar surface area (TPSA) is 44.2 Å². The van der Waals surface area contributed by atoms with Gasteiger partial charge >= 0.3 is 0 Å². The minimum atomic E-state index is -0.529. The van der Waals surface area contributed by atoms with Crippen LogP contribution in [-0.4, -0.2) is 9.97 Å². The summed E-state index contributed by atoms with van der Waals surface area (Å²) >= 11 is 0. The van der Waals surface area contributed by atoms with Crippen LogP contribution in [0.5, 0.6) is 23.0 Å². The Bertz CT molecular complexity index is 3250. The minimum Gasteiger partial charge on any atom is -0.449 e. The molecule has 286 valence electrons. The molecule has 1 aliphatic heterocycles. The second-order valence-corrected chi connectivity index (χ2v) is 15.6. The molecule has 0 saturated heterocycles. The van der Waals surface area contributed by atoms with Gasteiger partial charge in [-0.15, -0.1) is 0 Å². The number of nitrogens with zero attached hydrogens (tertiary/aromatic N) is 2. The van der Waals surface area contributed by atoms with Crippen LogP contribution in [0.3, 0.4) is 0 Å². The van der Waals surface area contributed by atoms with Gasteiger partial charge in [-0.3, -0.25) is 0 Å². The molecule has 0 atom stereocenters. The van der Waals surface area contributed by atoms with E-state index in [9.17, 15) is 0 Å². The third-order valence-corrected chi connectivity index (χ3v) is 12.2. The molecule has 10 aromatic rings. The molecule has 1 aromatic heterocycles. The molecule has 0 saturated carbocycles. The molecular formula is C57H36N2O2. The highest BCUT2D eigenvalue weighted by atomic mass is 16.6. The first-order valence-electron chi connectivity index (χ1n) is 20.6. The van der Waals surface area contributed by atoms with Crippen molar-refractivity contribution in [2.24, 2.45) is 0 Å². The highest BCUT2D eigenvalue weighted by Crippen LogP contribution is 2.62. The van der Waals surface area contributed by atoms with Crippen LogP contribution in [0.4, 0.5) is 0 Å². The highest BCUT2D eigenvalue weighted by Gasteiger charge is 2.48. The maximum absolute atomic E-state index is 6.99. The fraction of sp³-hybridized carbons (Fsp3) is 0.0175. The van der Waals surface area contributed by atoms with Crippen LogP contribution in [0.2, 0.25) is 0 Å². The Morgan fingerprint density at radius 1 is 0.344 bits per heavy atom. The maximum Gasteiger partial charge on any atom is 0.178 e. The monoisotopic (exact) mass is 780 g/mol. The number of ether oxygens (including phenoxy) is 2. The lowest BCUT2D eigenvalue weighted by atomic mass is 9.68. The molecule has 9 aromatic carbocycles. The van der Waals surface area contributed by atoms with Gasteiger partial charge in [0.25, 0.3) is 0 Å². The van der Waals surface area contributed by atoms with E-state index in [0.717, 1.165) is 61.5 Å². The van der Waals surface area contributed by atoms with Gasteiger partial charge in [0, 0.05) is 27.8 Å². The summed E-state index contributed by atoms with van der Waals surface area (Å²) in [4.78, 5) is 10.2. The Kier molecular flexibility index (Phi) is 8.04. The van der Waals surface area contributed by atoms with Crippen LogP contribution < -0.4 is 9.47 Å². The number of para-hydroxylation sites is 1. The largest absolute Gasteiger partial charge is 0.449 e. The van der Waals surface area contributed by atoms with Crippen LogP contribution >= 0.6 is 0 Å². The zero-order valence-corrected chi connectivity index (χ0v) is 33.0. The van der Waals surface area contributed by atoms with Crippen molar-refractivity contribution < 1.29 is 9.47 Å². The average molecular weight is 781 g/mol. The summed E-state index contributed by atoms with van der Waals surface area (Å²) in [5.74, 6) is 3.49. The summed E-state index contributed by atoms with van der Waals surface area (Å²) < 4.78 is 13.9. The first-order valence-corrected chi connectivity index (χ1v) is 20.6. The van der Waals surface area contributed by atoms with E-state index in [4.69, 9.17) is 19.4 Å². The van der Waals surface area contributed by atoms with Crippen molar-refractivity contribution >= 4 is 10.8 Å². The van der Waals surface area contributed by atoms with Gasteiger partial charge in [0.15, 0.2) is 28.8 Å². The van der Waals surface area contributed by atoms with Crippen molar-refractivity contribution in [2.75, 3.05) is 0 Å². The predicted octanol–water partition coefficient (Wildman–Crippen LogP) is 14.6. The number of benzene rings is 9. The van der Waals surface area contributed by atoms with Crippen LogP contribution in [0.25, 0.3) is 66.9 Å². The Morgan fingerprint density at radius 3 is 1.64 bits per heavy atom. The molecule has 0 fully saturated rings. The first kappa shape index (κ1) is 34.9. The van der Waals surface area contributed by atoms with E-state index in [-0.39, 0.29) is 0 Å². The van der Waals surface area contributed by atoms with Gasteiger partial charge in [-0.05, 0) is 68.4 Å². The van der Waals surface area contributed by atoms with Crippen LogP contribution in [0, 0.1) is 0 Å². The number of hydrogen-bond acceptors (Lipinski definition) is 4. The van der Waals surface area contributed by atoms with E-state index < -0.39 is 5.41 Å². The third-order valence-electron chi connectivity index (χ3n) is 12.2. The molecule has 4 heteroatoms. The summed E-state index contributed by atoms with van der Waals surface area (Å²) in [5.41, 5.74) is 13.2.